The first-order valence-corrected chi connectivity index (χ1v) is 7.14. The fourth-order valence-electron chi connectivity index (χ4n) is 2.95. The maximum Gasteiger partial charge on any atom is 0.195 e. The Morgan fingerprint density at radius 2 is 2.21 bits per heavy atom. The number of aromatic nitrogens is 4. The van der Waals surface area contributed by atoms with Crippen molar-refractivity contribution in [2.75, 3.05) is 0 Å². The van der Waals surface area contributed by atoms with Crippen molar-refractivity contribution in [1.29, 1.82) is 0 Å². The van der Waals surface area contributed by atoms with Crippen LogP contribution in [-0.4, -0.2) is 19.7 Å². The number of pyridine rings is 1. The summed E-state index contributed by atoms with van der Waals surface area (Å²) in [4.78, 5) is 4.16. The van der Waals surface area contributed by atoms with Crippen LogP contribution in [0.25, 0.3) is 11.4 Å². The molecule has 1 saturated carbocycles. The van der Waals surface area contributed by atoms with E-state index in [-0.39, 0.29) is 0 Å². The Bertz CT molecular complexity index is 608. The van der Waals surface area contributed by atoms with Crippen LogP contribution in [-0.2, 0) is 6.54 Å². The lowest BCUT2D eigenvalue weighted by Gasteiger charge is -2.24. The lowest BCUT2D eigenvalue weighted by Crippen LogP contribution is -2.20. The van der Waals surface area contributed by atoms with Gasteiger partial charge in [0.1, 0.15) is 0 Å². The molecule has 0 bridgehead atoms. The second-order valence-corrected chi connectivity index (χ2v) is 6.08. The number of nitrogens with one attached hydrogen (secondary N) is 1. The van der Waals surface area contributed by atoms with E-state index in [2.05, 4.69) is 26.7 Å². The molecule has 19 heavy (non-hydrogen) atoms. The van der Waals surface area contributed by atoms with Crippen LogP contribution < -0.4 is 0 Å². The largest absolute Gasteiger partial charge is 0.300 e. The zero-order chi connectivity index (χ0) is 13.3. The van der Waals surface area contributed by atoms with Crippen molar-refractivity contribution in [1.82, 2.24) is 19.7 Å². The standard InChI is InChI=1S/C14H18N4S/c1-14(6-2-3-7-14)10-18-12(16-17-13(18)19)11-5-4-8-15-9-11/h4-5,8-9H,2-3,6-7,10H2,1H3,(H,17,19). The van der Waals surface area contributed by atoms with Crippen molar-refractivity contribution in [3.8, 4) is 11.4 Å². The molecule has 2 heterocycles. The van der Waals surface area contributed by atoms with Gasteiger partial charge in [0, 0.05) is 24.5 Å². The quantitative estimate of drug-likeness (QED) is 0.870. The lowest BCUT2D eigenvalue weighted by molar-refractivity contribution is 0.281. The van der Waals surface area contributed by atoms with Gasteiger partial charge in [0.2, 0.25) is 0 Å². The van der Waals surface area contributed by atoms with E-state index in [0.717, 1.165) is 17.9 Å². The lowest BCUT2D eigenvalue weighted by atomic mass is 9.89. The Morgan fingerprint density at radius 1 is 1.42 bits per heavy atom. The average molecular weight is 274 g/mol. The van der Waals surface area contributed by atoms with Crippen LogP contribution in [0.5, 0.6) is 0 Å². The number of rotatable bonds is 3. The normalized spacial score (nSPS) is 17.7. The van der Waals surface area contributed by atoms with E-state index >= 15 is 0 Å². The van der Waals surface area contributed by atoms with E-state index in [1.54, 1.807) is 6.20 Å². The van der Waals surface area contributed by atoms with Gasteiger partial charge in [-0.15, -0.1) is 0 Å². The summed E-state index contributed by atoms with van der Waals surface area (Å²) in [5.74, 6) is 0.895. The minimum absolute atomic E-state index is 0.346. The van der Waals surface area contributed by atoms with E-state index in [1.807, 2.05) is 18.3 Å². The van der Waals surface area contributed by atoms with Crippen molar-refractivity contribution < 1.29 is 0 Å². The van der Waals surface area contributed by atoms with Crippen molar-refractivity contribution in [3.05, 3.63) is 29.3 Å². The topological polar surface area (TPSA) is 46.5 Å². The summed E-state index contributed by atoms with van der Waals surface area (Å²) in [7, 11) is 0. The van der Waals surface area contributed by atoms with Crippen LogP contribution in [0.4, 0.5) is 0 Å². The van der Waals surface area contributed by atoms with Crippen LogP contribution in [0.3, 0.4) is 0 Å². The molecule has 4 nitrogen and oxygen atoms in total. The Morgan fingerprint density at radius 3 is 2.89 bits per heavy atom. The zero-order valence-electron chi connectivity index (χ0n) is 11.1. The molecule has 1 aliphatic rings. The second kappa shape index (κ2) is 4.89. The third-order valence-corrected chi connectivity index (χ3v) is 4.34. The number of hydrogen-bond donors (Lipinski definition) is 1. The number of aromatic amines is 1. The van der Waals surface area contributed by atoms with Gasteiger partial charge in [0.15, 0.2) is 10.6 Å². The van der Waals surface area contributed by atoms with E-state index in [9.17, 15) is 0 Å². The predicted octanol–water partition coefficient (Wildman–Crippen LogP) is 3.58. The molecule has 0 spiro atoms. The number of H-pyrrole nitrogens is 1. The second-order valence-electron chi connectivity index (χ2n) is 5.70. The summed E-state index contributed by atoms with van der Waals surface area (Å²) in [6.45, 7) is 3.29. The van der Waals surface area contributed by atoms with Crippen LogP contribution in [0.15, 0.2) is 24.5 Å². The summed E-state index contributed by atoms with van der Waals surface area (Å²) in [6.07, 6.45) is 8.79. The Labute approximate surface area is 117 Å². The van der Waals surface area contributed by atoms with Crippen LogP contribution >= 0.6 is 12.2 Å². The molecule has 1 fully saturated rings. The van der Waals surface area contributed by atoms with E-state index in [1.165, 1.54) is 25.7 Å². The molecular weight excluding hydrogens is 256 g/mol. The summed E-state index contributed by atoms with van der Waals surface area (Å²) in [6, 6.07) is 3.94. The van der Waals surface area contributed by atoms with Gasteiger partial charge < -0.3 is 0 Å². The molecule has 0 amide bonds. The van der Waals surface area contributed by atoms with Gasteiger partial charge >= 0.3 is 0 Å². The van der Waals surface area contributed by atoms with Crippen LogP contribution in [0.1, 0.15) is 32.6 Å². The third kappa shape index (κ3) is 2.47. The molecule has 2 aromatic rings. The molecule has 1 aliphatic carbocycles. The number of nitrogens with zero attached hydrogens (tertiary/aromatic N) is 3. The minimum atomic E-state index is 0.346. The Kier molecular flexibility index (Phi) is 3.22. The highest BCUT2D eigenvalue weighted by Gasteiger charge is 2.30. The summed E-state index contributed by atoms with van der Waals surface area (Å²) < 4.78 is 2.82. The summed E-state index contributed by atoms with van der Waals surface area (Å²) in [5.41, 5.74) is 1.36. The first-order chi connectivity index (χ1) is 9.18. The van der Waals surface area contributed by atoms with Crippen LogP contribution in [0, 0.1) is 10.2 Å². The monoisotopic (exact) mass is 274 g/mol. The zero-order valence-corrected chi connectivity index (χ0v) is 11.9. The first kappa shape index (κ1) is 12.5. The van der Waals surface area contributed by atoms with E-state index < -0.39 is 0 Å². The van der Waals surface area contributed by atoms with Gasteiger partial charge in [-0.25, -0.2) is 0 Å². The highest BCUT2D eigenvalue weighted by Crippen LogP contribution is 2.39. The fraction of sp³-hybridized carbons (Fsp3) is 0.500. The molecule has 2 aromatic heterocycles. The molecule has 1 N–H and O–H groups in total. The van der Waals surface area contributed by atoms with Crippen molar-refractivity contribution in [2.45, 2.75) is 39.2 Å². The molecule has 0 unspecified atom stereocenters. The van der Waals surface area contributed by atoms with E-state index in [0.29, 0.717) is 10.2 Å². The molecule has 3 rings (SSSR count). The number of hydrogen-bond acceptors (Lipinski definition) is 3. The molecular formula is C14H18N4S. The minimum Gasteiger partial charge on any atom is -0.300 e. The third-order valence-electron chi connectivity index (χ3n) is 4.03. The van der Waals surface area contributed by atoms with E-state index in [4.69, 9.17) is 12.2 Å². The van der Waals surface area contributed by atoms with Crippen molar-refractivity contribution in [2.24, 2.45) is 5.41 Å². The van der Waals surface area contributed by atoms with Gasteiger partial charge in [-0.1, -0.05) is 19.8 Å². The SMILES string of the molecule is CC1(Cn2c(-c3cccnc3)n[nH]c2=S)CCCC1. The molecule has 0 saturated heterocycles. The molecule has 100 valence electrons. The Balaban J connectivity index is 1.98. The molecule has 0 atom stereocenters. The van der Waals surface area contributed by atoms with Gasteiger partial charge in [-0.3, -0.25) is 14.6 Å². The summed E-state index contributed by atoms with van der Waals surface area (Å²) >= 11 is 5.38. The molecule has 0 aliphatic heterocycles. The first-order valence-electron chi connectivity index (χ1n) is 6.74. The average Bonchev–Trinajstić information content (AvgIpc) is 2.99. The molecule has 0 radical (unpaired) electrons. The van der Waals surface area contributed by atoms with Gasteiger partial charge in [0.25, 0.3) is 0 Å². The fourth-order valence-corrected chi connectivity index (χ4v) is 3.14. The molecule has 0 aromatic carbocycles. The highest BCUT2D eigenvalue weighted by molar-refractivity contribution is 7.71. The van der Waals surface area contributed by atoms with Gasteiger partial charge in [-0.2, -0.15) is 5.10 Å². The van der Waals surface area contributed by atoms with Gasteiger partial charge in [-0.05, 0) is 42.6 Å². The van der Waals surface area contributed by atoms with Gasteiger partial charge in [0.05, 0.1) is 0 Å². The van der Waals surface area contributed by atoms with Crippen molar-refractivity contribution in [3.63, 3.8) is 0 Å². The highest BCUT2D eigenvalue weighted by atomic mass is 32.1. The predicted molar refractivity (Wildman–Crippen MR) is 77.2 cm³/mol. The maximum atomic E-state index is 5.38. The smallest absolute Gasteiger partial charge is 0.195 e. The Hall–Kier alpha value is -1.49. The summed E-state index contributed by atoms with van der Waals surface area (Å²) in [5, 5.41) is 7.28. The molecule has 5 heteroatoms. The maximum absolute atomic E-state index is 5.38. The van der Waals surface area contributed by atoms with Crippen molar-refractivity contribution >= 4 is 12.2 Å². The van der Waals surface area contributed by atoms with Crippen LogP contribution in [0.2, 0.25) is 0 Å².